The van der Waals surface area contributed by atoms with Gasteiger partial charge in [-0.15, -0.1) is 0 Å². The standard InChI is InChI=1S/C17H24FN3O3S/c1-19(2)25(23,24)20-11-9-17(10-12-20)8-7-16(22)21(17)13-14-3-5-15(18)6-4-14/h3-6H,7-13H2,1-2H3. The van der Waals surface area contributed by atoms with Gasteiger partial charge in [0, 0.05) is 45.7 Å². The van der Waals surface area contributed by atoms with Crippen LogP contribution in [0.1, 0.15) is 31.2 Å². The summed E-state index contributed by atoms with van der Waals surface area (Å²) in [5.74, 6) is -0.207. The number of halogens is 1. The first kappa shape index (κ1) is 18.3. The van der Waals surface area contributed by atoms with Gasteiger partial charge in [-0.3, -0.25) is 4.79 Å². The molecular weight excluding hydrogens is 345 g/mol. The molecule has 0 atom stereocenters. The van der Waals surface area contributed by atoms with Gasteiger partial charge in [0.1, 0.15) is 5.82 Å². The highest BCUT2D eigenvalue weighted by atomic mass is 32.2. The number of likely N-dealkylation sites (tertiary alicyclic amines) is 1. The Morgan fingerprint density at radius 3 is 2.28 bits per heavy atom. The quantitative estimate of drug-likeness (QED) is 0.810. The summed E-state index contributed by atoms with van der Waals surface area (Å²) in [6.45, 7) is 1.26. The van der Waals surface area contributed by atoms with Crippen molar-refractivity contribution in [3.8, 4) is 0 Å². The van der Waals surface area contributed by atoms with Crippen molar-refractivity contribution in [2.75, 3.05) is 27.2 Å². The SMILES string of the molecule is CN(C)S(=O)(=O)N1CCC2(CCC(=O)N2Cc2ccc(F)cc2)CC1. The summed E-state index contributed by atoms with van der Waals surface area (Å²) in [5, 5.41) is 0. The van der Waals surface area contributed by atoms with Gasteiger partial charge in [-0.1, -0.05) is 12.1 Å². The molecule has 2 fully saturated rings. The average molecular weight is 369 g/mol. The van der Waals surface area contributed by atoms with Crippen molar-refractivity contribution in [1.29, 1.82) is 0 Å². The molecule has 138 valence electrons. The fourth-order valence-corrected chi connectivity index (χ4v) is 4.89. The molecule has 0 N–H and O–H groups in total. The van der Waals surface area contributed by atoms with Crippen molar-refractivity contribution < 1.29 is 17.6 Å². The summed E-state index contributed by atoms with van der Waals surface area (Å²) >= 11 is 0. The van der Waals surface area contributed by atoms with Crippen LogP contribution in [0.5, 0.6) is 0 Å². The number of hydrogen-bond donors (Lipinski definition) is 0. The van der Waals surface area contributed by atoms with E-state index in [9.17, 15) is 17.6 Å². The second-order valence-electron chi connectivity index (χ2n) is 7.02. The van der Waals surface area contributed by atoms with Gasteiger partial charge in [-0.05, 0) is 37.0 Å². The monoisotopic (exact) mass is 369 g/mol. The van der Waals surface area contributed by atoms with E-state index in [-0.39, 0.29) is 17.3 Å². The van der Waals surface area contributed by atoms with Crippen LogP contribution in [-0.2, 0) is 21.5 Å². The summed E-state index contributed by atoms with van der Waals surface area (Å²) in [6.07, 6.45) is 2.50. The summed E-state index contributed by atoms with van der Waals surface area (Å²) in [4.78, 5) is 14.3. The molecule has 8 heteroatoms. The maximum absolute atomic E-state index is 13.1. The van der Waals surface area contributed by atoms with Crippen LogP contribution in [0.2, 0.25) is 0 Å². The molecule has 2 heterocycles. The van der Waals surface area contributed by atoms with Crippen LogP contribution in [0.4, 0.5) is 4.39 Å². The van der Waals surface area contributed by atoms with Gasteiger partial charge >= 0.3 is 0 Å². The van der Waals surface area contributed by atoms with E-state index in [1.165, 1.54) is 34.8 Å². The van der Waals surface area contributed by atoms with Crippen molar-refractivity contribution in [2.45, 2.75) is 37.8 Å². The van der Waals surface area contributed by atoms with Gasteiger partial charge in [0.2, 0.25) is 5.91 Å². The minimum atomic E-state index is -3.42. The van der Waals surface area contributed by atoms with Crippen molar-refractivity contribution in [2.24, 2.45) is 0 Å². The third-order valence-electron chi connectivity index (χ3n) is 5.37. The molecule has 0 aliphatic carbocycles. The predicted molar refractivity (Wildman–Crippen MR) is 92.3 cm³/mol. The van der Waals surface area contributed by atoms with Crippen molar-refractivity contribution in [1.82, 2.24) is 13.5 Å². The number of piperidine rings is 1. The molecule has 0 unspecified atom stereocenters. The first-order valence-corrected chi connectivity index (χ1v) is 9.87. The Kier molecular flexibility index (Phi) is 4.87. The fourth-order valence-electron chi connectivity index (χ4n) is 3.79. The lowest BCUT2D eigenvalue weighted by Crippen LogP contribution is -2.55. The molecule has 25 heavy (non-hydrogen) atoms. The first-order valence-electron chi connectivity index (χ1n) is 8.47. The van der Waals surface area contributed by atoms with Crippen LogP contribution in [0.3, 0.4) is 0 Å². The Balaban J connectivity index is 1.75. The molecule has 1 aromatic rings. The Morgan fingerprint density at radius 1 is 1.12 bits per heavy atom. The lowest BCUT2D eigenvalue weighted by atomic mass is 9.85. The molecule has 6 nitrogen and oxygen atoms in total. The van der Waals surface area contributed by atoms with Crippen LogP contribution in [-0.4, -0.2) is 60.6 Å². The van der Waals surface area contributed by atoms with E-state index >= 15 is 0 Å². The summed E-state index contributed by atoms with van der Waals surface area (Å²) in [6, 6.07) is 6.18. The fraction of sp³-hybridized carbons (Fsp3) is 0.588. The molecule has 1 amide bonds. The third kappa shape index (κ3) is 3.43. The molecule has 1 aromatic carbocycles. The van der Waals surface area contributed by atoms with Crippen LogP contribution in [0, 0.1) is 5.82 Å². The zero-order valence-electron chi connectivity index (χ0n) is 14.6. The van der Waals surface area contributed by atoms with Crippen LogP contribution in [0.15, 0.2) is 24.3 Å². The Hall–Kier alpha value is -1.51. The number of rotatable bonds is 4. The second kappa shape index (κ2) is 6.66. The number of benzene rings is 1. The Labute approximate surface area is 148 Å². The highest BCUT2D eigenvalue weighted by Crippen LogP contribution is 2.40. The number of amides is 1. The van der Waals surface area contributed by atoms with Crippen molar-refractivity contribution in [3.05, 3.63) is 35.6 Å². The van der Waals surface area contributed by atoms with Gasteiger partial charge < -0.3 is 4.90 Å². The molecule has 3 rings (SSSR count). The minimum absolute atomic E-state index is 0.0910. The van der Waals surface area contributed by atoms with E-state index < -0.39 is 10.2 Å². The van der Waals surface area contributed by atoms with Gasteiger partial charge in [-0.2, -0.15) is 17.0 Å². The highest BCUT2D eigenvalue weighted by Gasteiger charge is 2.48. The summed E-state index contributed by atoms with van der Waals surface area (Å²) in [7, 11) is -0.364. The van der Waals surface area contributed by atoms with E-state index in [1.807, 2.05) is 4.90 Å². The molecule has 0 radical (unpaired) electrons. The number of nitrogens with zero attached hydrogens (tertiary/aromatic N) is 3. The molecule has 0 saturated carbocycles. The molecule has 2 aliphatic rings. The lowest BCUT2D eigenvalue weighted by Gasteiger charge is -2.45. The Bertz CT molecular complexity index is 741. The topological polar surface area (TPSA) is 60.9 Å². The van der Waals surface area contributed by atoms with Gasteiger partial charge in [0.25, 0.3) is 10.2 Å². The van der Waals surface area contributed by atoms with Gasteiger partial charge in [0.05, 0.1) is 0 Å². The maximum atomic E-state index is 13.1. The summed E-state index contributed by atoms with van der Waals surface area (Å²) in [5.41, 5.74) is 0.600. The maximum Gasteiger partial charge on any atom is 0.281 e. The minimum Gasteiger partial charge on any atom is -0.333 e. The molecule has 1 spiro atoms. The van der Waals surface area contributed by atoms with E-state index in [4.69, 9.17) is 0 Å². The van der Waals surface area contributed by atoms with Crippen molar-refractivity contribution >= 4 is 16.1 Å². The number of carbonyl (C=O) groups excluding carboxylic acids is 1. The van der Waals surface area contributed by atoms with E-state index in [2.05, 4.69) is 0 Å². The third-order valence-corrected chi connectivity index (χ3v) is 7.31. The zero-order chi connectivity index (χ0) is 18.2. The normalized spacial score (nSPS) is 21.4. The van der Waals surface area contributed by atoms with Crippen LogP contribution in [0.25, 0.3) is 0 Å². The Morgan fingerprint density at radius 2 is 1.72 bits per heavy atom. The smallest absolute Gasteiger partial charge is 0.281 e. The lowest BCUT2D eigenvalue weighted by molar-refractivity contribution is -0.133. The molecule has 2 saturated heterocycles. The van der Waals surface area contributed by atoms with E-state index in [1.54, 1.807) is 12.1 Å². The number of hydrogen-bond acceptors (Lipinski definition) is 3. The molecule has 0 bridgehead atoms. The average Bonchev–Trinajstić information content (AvgIpc) is 2.87. The second-order valence-corrected chi connectivity index (χ2v) is 9.16. The van der Waals surface area contributed by atoms with Crippen molar-refractivity contribution in [3.63, 3.8) is 0 Å². The van der Waals surface area contributed by atoms with Crippen LogP contribution >= 0.6 is 0 Å². The van der Waals surface area contributed by atoms with Gasteiger partial charge in [0.15, 0.2) is 0 Å². The molecular formula is C17H24FN3O3S. The summed E-state index contributed by atoms with van der Waals surface area (Å²) < 4.78 is 40.4. The van der Waals surface area contributed by atoms with E-state index in [0.717, 1.165) is 12.0 Å². The zero-order valence-corrected chi connectivity index (χ0v) is 15.4. The largest absolute Gasteiger partial charge is 0.333 e. The molecule has 0 aromatic heterocycles. The predicted octanol–water partition coefficient (Wildman–Crippen LogP) is 1.59. The van der Waals surface area contributed by atoms with E-state index in [0.29, 0.717) is 38.9 Å². The highest BCUT2D eigenvalue weighted by molar-refractivity contribution is 7.86. The molecule has 2 aliphatic heterocycles. The van der Waals surface area contributed by atoms with Gasteiger partial charge in [-0.25, -0.2) is 4.39 Å². The van der Waals surface area contributed by atoms with Crippen LogP contribution < -0.4 is 0 Å². The first-order chi connectivity index (χ1) is 11.7. The number of carbonyl (C=O) groups is 1.